The average molecular weight is 361 g/mol. The van der Waals surface area contributed by atoms with E-state index >= 15 is 0 Å². The summed E-state index contributed by atoms with van der Waals surface area (Å²) in [4.78, 5) is 11.8. The molecule has 0 saturated carbocycles. The summed E-state index contributed by atoms with van der Waals surface area (Å²) in [6, 6.07) is 13.9. The molecule has 0 aliphatic carbocycles. The van der Waals surface area contributed by atoms with Gasteiger partial charge in [0.05, 0.1) is 6.61 Å². The Morgan fingerprint density at radius 3 is 2.48 bits per heavy atom. The van der Waals surface area contributed by atoms with Crippen molar-refractivity contribution in [1.29, 1.82) is 0 Å². The van der Waals surface area contributed by atoms with Crippen molar-refractivity contribution in [1.82, 2.24) is 4.57 Å². The van der Waals surface area contributed by atoms with Gasteiger partial charge in [-0.25, -0.2) is 0 Å². The fourth-order valence-electron chi connectivity index (χ4n) is 1.97. The van der Waals surface area contributed by atoms with Crippen LogP contribution in [0.2, 0.25) is 0 Å². The Morgan fingerprint density at radius 2 is 1.86 bits per heavy atom. The topological polar surface area (TPSA) is 40.5 Å². The number of hydrogen-bond donors (Lipinski definition) is 0. The molecule has 0 bridgehead atoms. The molecule has 2 aromatic rings. The van der Waals surface area contributed by atoms with Crippen LogP contribution in [-0.4, -0.2) is 24.9 Å². The summed E-state index contributed by atoms with van der Waals surface area (Å²) in [5.74, 6) is 0.784. The fraction of sp³-hybridized carbons (Fsp3) is 0.312. The van der Waals surface area contributed by atoms with Crippen molar-refractivity contribution in [3.05, 3.63) is 52.8 Å². The zero-order chi connectivity index (χ0) is 14.4. The summed E-state index contributed by atoms with van der Waals surface area (Å²) in [5.41, 5.74) is 1.73. The van der Waals surface area contributed by atoms with E-state index < -0.39 is 0 Å². The maximum absolute atomic E-state index is 11.8. The molecule has 0 atom stereocenters. The minimum Gasteiger partial charge on any atom is -0.491 e. The molecule has 1 aromatic heterocycles. The molecule has 0 fully saturated rings. The minimum atomic E-state index is -0.0123. The molecule has 1 aromatic carbocycles. The van der Waals surface area contributed by atoms with E-state index in [9.17, 15) is 4.79 Å². The monoisotopic (exact) mass is 361 g/mol. The SMILES string of the molecule is CCn1c(-c2ccc(OCCOC)cc2)[c-]ccc1=O.[Y]. The first kappa shape index (κ1) is 18.1. The number of pyridine rings is 1. The van der Waals surface area contributed by atoms with E-state index in [1.54, 1.807) is 17.7 Å². The average Bonchev–Trinajstić information content (AvgIpc) is 2.48. The third kappa shape index (κ3) is 4.77. The van der Waals surface area contributed by atoms with Gasteiger partial charge < -0.3 is 14.0 Å². The number of aromatic nitrogens is 1. The molecule has 0 unspecified atom stereocenters. The molecule has 0 spiro atoms. The van der Waals surface area contributed by atoms with E-state index in [2.05, 4.69) is 6.07 Å². The van der Waals surface area contributed by atoms with Crippen LogP contribution in [-0.2, 0) is 44.0 Å². The molecule has 0 amide bonds. The van der Waals surface area contributed by atoms with Gasteiger partial charge in [0.1, 0.15) is 12.4 Å². The third-order valence-electron chi connectivity index (χ3n) is 2.98. The standard InChI is InChI=1S/C16H18NO3.Y/c1-3-17-15(5-4-6-16(17)18)13-7-9-14(10-8-13)20-12-11-19-2;/h4,6-10H,3,11-12H2,1-2H3;/q-1;. The normalized spacial score (nSPS) is 10.0. The van der Waals surface area contributed by atoms with Crippen molar-refractivity contribution in [2.45, 2.75) is 13.5 Å². The molecule has 0 aliphatic heterocycles. The first-order chi connectivity index (χ1) is 9.76. The molecule has 21 heavy (non-hydrogen) atoms. The number of hydrogen-bond acceptors (Lipinski definition) is 3. The van der Waals surface area contributed by atoms with Gasteiger partial charge in [-0.2, -0.15) is 12.1 Å². The zero-order valence-corrected chi connectivity index (χ0v) is 15.2. The van der Waals surface area contributed by atoms with Crippen LogP contribution in [0.4, 0.5) is 0 Å². The second kappa shape index (κ2) is 9.13. The zero-order valence-electron chi connectivity index (χ0n) is 12.3. The molecule has 109 valence electrons. The summed E-state index contributed by atoms with van der Waals surface area (Å²) in [6.07, 6.45) is 0. The van der Waals surface area contributed by atoms with E-state index in [-0.39, 0.29) is 38.3 Å². The van der Waals surface area contributed by atoms with Crippen LogP contribution < -0.4 is 10.3 Å². The van der Waals surface area contributed by atoms with E-state index in [0.29, 0.717) is 19.8 Å². The Balaban J connectivity index is 0.00000220. The number of ether oxygens (including phenoxy) is 2. The van der Waals surface area contributed by atoms with Gasteiger partial charge in [0.2, 0.25) is 0 Å². The van der Waals surface area contributed by atoms with E-state index in [4.69, 9.17) is 9.47 Å². The fourth-order valence-corrected chi connectivity index (χ4v) is 1.97. The molecule has 5 heteroatoms. The Kier molecular flexibility index (Phi) is 7.87. The maximum atomic E-state index is 11.8. The van der Waals surface area contributed by atoms with Gasteiger partial charge in [0, 0.05) is 46.4 Å². The maximum Gasteiger partial charge on any atom is 0.194 e. The van der Waals surface area contributed by atoms with Crippen molar-refractivity contribution in [2.24, 2.45) is 0 Å². The van der Waals surface area contributed by atoms with Crippen LogP contribution in [0.1, 0.15) is 6.92 Å². The van der Waals surface area contributed by atoms with Gasteiger partial charge >= 0.3 is 0 Å². The molecule has 0 saturated heterocycles. The van der Waals surface area contributed by atoms with E-state index in [0.717, 1.165) is 17.0 Å². The van der Waals surface area contributed by atoms with Gasteiger partial charge in [-0.05, 0) is 19.1 Å². The number of benzene rings is 1. The van der Waals surface area contributed by atoms with Crippen molar-refractivity contribution in [3.8, 4) is 17.0 Å². The van der Waals surface area contributed by atoms with Crippen LogP contribution in [0.25, 0.3) is 11.3 Å². The summed E-state index contributed by atoms with van der Waals surface area (Å²) >= 11 is 0. The number of nitrogens with zero attached hydrogens (tertiary/aromatic N) is 1. The number of methoxy groups -OCH3 is 1. The Morgan fingerprint density at radius 1 is 1.14 bits per heavy atom. The van der Waals surface area contributed by atoms with E-state index in [1.807, 2.05) is 31.2 Å². The van der Waals surface area contributed by atoms with Crippen LogP contribution in [0.3, 0.4) is 0 Å². The Hall–Kier alpha value is -0.966. The predicted octanol–water partition coefficient (Wildman–Crippen LogP) is 2.36. The minimum absolute atomic E-state index is 0. The molecular formula is C16H18NO3Y-. The summed E-state index contributed by atoms with van der Waals surface area (Å²) in [5, 5.41) is 0. The second-order valence-electron chi connectivity index (χ2n) is 4.27. The largest absolute Gasteiger partial charge is 0.491 e. The van der Waals surface area contributed by atoms with Gasteiger partial charge in [-0.1, -0.05) is 17.3 Å². The third-order valence-corrected chi connectivity index (χ3v) is 2.98. The molecule has 0 N–H and O–H groups in total. The van der Waals surface area contributed by atoms with E-state index in [1.165, 1.54) is 6.07 Å². The van der Waals surface area contributed by atoms with Crippen molar-refractivity contribution >= 4 is 0 Å². The first-order valence-corrected chi connectivity index (χ1v) is 6.60. The van der Waals surface area contributed by atoms with Gasteiger partial charge in [-0.15, -0.1) is 12.1 Å². The van der Waals surface area contributed by atoms with Crippen LogP contribution in [0.15, 0.2) is 41.2 Å². The van der Waals surface area contributed by atoms with Gasteiger partial charge in [0.25, 0.3) is 0 Å². The predicted molar refractivity (Wildman–Crippen MR) is 78.0 cm³/mol. The quantitative estimate of drug-likeness (QED) is 0.586. The van der Waals surface area contributed by atoms with Crippen molar-refractivity contribution < 1.29 is 42.2 Å². The smallest absolute Gasteiger partial charge is 0.194 e. The molecule has 0 aliphatic rings. The molecule has 1 heterocycles. The van der Waals surface area contributed by atoms with Gasteiger partial charge in [0.15, 0.2) is 5.56 Å². The molecule has 4 nitrogen and oxygen atoms in total. The molecule has 2 rings (SSSR count). The van der Waals surface area contributed by atoms with Crippen LogP contribution in [0.5, 0.6) is 5.75 Å². The Labute approximate surface area is 150 Å². The van der Waals surface area contributed by atoms with Crippen molar-refractivity contribution in [2.75, 3.05) is 20.3 Å². The summed E-state index contributed by atoms with van der Waals surface area (Å²) < 4.78 is 12.1. The molecule has 1 radical (unpaired) electrons. The second-order valence-corrected chi connectivity index (χ2v) is 4.27. The van der Waals surface area contributed by atoms with Gasteiger partial charge in [-0.3, -0.25) is 4.79 Å². The van der Waals surface area contributed by atoms with Crippen molar-refractivity contribution in [3.63, 3.8) is 0 Å². The van der Waals surface area contributed by atoms with Crippen LogP contribution in [0, 0.1) is 6.07 Å². The number of rotatable bonds is 6. The first-order valence-electron chi connectivity index (χ1n) is 6.60. The summed E-state index contributed by atoms with van der Waals surface area (Å²) in [7, 11) is 1.64. The Bertz CT molecular complexity index is 608. The van der Waals surface area contributed by atoms with Crippen LogP contribution >= 0.6 is 0 Å². The summed E-state index contributed by atoms with van der Waals surface area (Å²) in [6.45, 7) is 3.65. The molecular weight excluding hydrogens is 343 g/mol.